The molecule has 2 N–H and O–H groups in total. The number of hydrogen-bond donors (Lipinski definition) is 2. The Morgan fingerprint density at radius 3 is 2.83 bits per heavy atom. The molecule has 1 aromatic carbocycles. The third-order valence-electron chi connectivity index (χ3n) is 3.39. The van der Waals surface area contributed by atoms with E-state index in [0.29, 0.717) is 22.7 Å². The minimum absolute atomic E-state index is 0.169. The fourth-order valence-corrected chi connectivity index (χ4v) is 2.19. The normalized spacial score (nSPS) is 11.1. The van der Waals surface area contributed by atoms with Crippen LogP contribution in [-0.2, 0) is 11.3 Å². The number of rotatable bonds is 4. The maximum absolute atomic E-state index is 12.1. The van der Waals surface area contributed by atoms with Crippen LogP contribution in [0.1, 0.15) is 25.7 Å². The van der Waals surface area contributed by atoms with Crippen molar-refractivity contribution in [3.8, 4) is 0 Å². The zero-order valence-corrected chi connectivity index (χ0v) is 13.2. The Morgan fingerprint density at radius 2 is 2.12 bits per heavy atom. The lowest BCUT2D eigenvalue weighted by Gasteiger charge is -2.06. The smallest absolute Gasteiger partial charge is 0.328 e. The van der Waals surface area contributed by atoms with Gasteiger partial charge in [0.25, 0.3) is 5.56 Å². The van der Waals surface area contributed by atoms with Crippen molar-refractivity contribution in [3.63, 3.8) is 0 Å². The second-order valence-corrected chi connectivity index (χ2v) is 5.68. The van der Waals surface area contributed by atoms with Crippen LogP contribution in [0.15, 0.2) is 44.5 Å². The van der Waals surface area contributed by atoms with Crippen LogP contribution >= 0.6 is 0 Å². The zero-order valence-electron chi connectivity index (χ0n) is 13.2. The highest BCUT2D eigenvalue weighted by molar-refractivity contribution is 5.92. The van der Waals surface area contributed by atoms with Crippen molar-refractivity contribution >= 4 is 22.7 Å². The second-order valence-electron chi connectivity index (χ2n) is 5.68. The first kappa shape index (κ1) is 15.7. The summed E-state index contributed by atoms with van der Waals surface area (Å²) in [7, 11) is 0. The number of benzene rings is 1. The molecule has 2 heterocycles. The SMILES string of the molecule is CC(C)c1nc2cc(NC(=O)Cn3ccc(=O)[nH]c3=O)ccc2o1. The highest BCUT2D eigenvalue weighted by Gasteiger charge is 2.11. The van der Waals surface area contributed by atoms with Crippen molar-refractivity contribution in [1.82, 2.24) is 14.5 Å². The van der Waals surface area contributed by atoms with E-state index in [-0.39, 0.29) is 12.5 Å². The fourth-order valence-electron chi connectivity index (χ4n) is 2.19. The summed E-state index contributed by atoms with van der Waals surface area (Å²) in [6.45, 7) is 3.76. The molecule has 0 atom stereocenters. The van der Waals surface area contributed by atoms with Gasteiger partial charge in [-0.2, -0.15) is 0 Å². The second kappa shape index (κ2) is 6.15. The minimum atomic E-state index is -0.633. The zero-order chi connectivity index (χ0) is 17.3. The van der Waals surface area contributed by atoms with E-state index in [1.54, 1.807) is 18.2 Å². The summed E-state index contributed by atoms with van der Waals surface area (Å²) in [6.07, 6.45) is 1.27. The van der Waals surface area contributed by atoms with Gasteiger partial charge in [0.15, 0.2) is 11.5 Å². The van der Waals surface area contributed by atoms with Crippen LogP contribution in [0.4, 0.5) is 5.69 Å². The summed E-state index contributed by atoms with van der Waals surface area (Å²) >= 11 is 0. The Balaban J connectivity index is 1.77. The molecule has 0 unspecified atom stereocenters. The molecule has 0 aliphatic rings. The van der Waals surface area contributed by atoms with E-state index in [1.165, 1.54) is 12.3 Å². The van der Waals surface area contributed by atoms with E-state index < -0.39 is 17.2 Å². The number of nitrogens with one attached hydrogen (secondary N) is 2. The number of aromatic amines is 1. The van der Waals surface area contributed by atoms with E-state index in [0.717, 1.165) is 4.57 Å². The lowest BCUT2D eigenvalue weighted by atomic mass is 10.2. The predicted molar refractivity (Wildman–Crippen MR) is 88.1 cm³/mol. The molecule has 124 valence electrons. The van der Waals surface area contributed by atoms with Gasteiger partial charge in [0.2, 0.25) is 5.91 Å². The molecule has 3 rings (SSSR count). The molecule has 8 heteroatoms. The first-order chi connectivity index (χ1) is 11.4. The molecule has 0 bridgehead atoms. The summed E-state index contributed by atoms with van der Waals surface area (Å²) in [5.74, 6) is 0.409. The van der Waals surface area contributed by atoms with Gasteiger partial charge >= 0.3 is 5.69 Å². The van der Waals surface area contributed by atoms with Gasteiger partial charge < -0.3 is 9.73 Å². The lowest BCUT2D eigenvalue weighted by molar-refractivity contribution is -0.116. The molecule has 0 saturated heterocycles. The van der Waals surface area contributed by atoms with Crippen LogP contribution in [0, 0.1) is 0 Å². The van der Waals surface area contributed by atoms with E-state index >= 15 is 0 Å². The number of carbonyl (C=O) groups is 1. The molecule has 0 saturated carbocycles. The highest BCUT2D eigenvalue weighted by atomic mass is 16.3. The molecule has 8 nitrogen and oxygen atoms in total. The Kier molecular flexibility index (Phi) is 4.03. The standard InChI is InChI=1S/C16H16N4O4/c1-9(2)15-18-11-7-10(3-4-12(11)24-15)17-14(22)8-20-6-5-13(21)19-16(20)23/h3-7,9H,8H2,1-2H3,(H,17,22)(H,19,21,23). The van der Waals surface area contributed by atoms with Crippen molar-refractivity contribution in [3.05, 3.63) is 57.2 Å². The maximum atomic E-state index is 12.1. The van der Waals surface area contributed by atoms with Crippen molar-refractivity contribution in [1.29, 1.82) is 0 Å². The molecule has 24 heavy (non-hydrogen) atoms. The van der Waals surface area contributed by atoms with E-state index in [2.05, 4.69) is 15.3 Å². The number of nitrogens with zero attached hydrogens (tertiary/aromatic N) is 2. The summed E-state index contributed by atoms with van der Waals surface area (Å²) in [6, 6.07) is 6.32. The third-order valence-corrected chi connectivity index (χ3v) is 3.39. The Labute approximate surface area is 136 Å². The molecule has 3 aromatic rings. The average Bonchev–Trinajstić information content (AvgIpc) is 2.93. The number of oxazole rings is 1. The fraction of sp³-hybridized carbons (Fsp3) is 0.250. The van der Waals surface area contributed by atoms with Crippen molar-refractivity contribution in [2.24, 2.45) is 0 Å². The summed E-state index contributed by atoms with van der Waals surface area (Å²) in [4.78, 5) is 41.1. The predicted octanol–water partition coefficient (Wildman–Crippen LogP) is 1.44. The van der Waals surface area contributed by atoms with Crippen LogP contribution in [0.2, 0.25) is 0 Å². The van der Waals surface area contributed by atoms with Gasteiger partial charge in [-0.05, 0) is 18.2 Å². The summed E-state index contributed by atoms with van der Waals surface area (Å²) in [5, 5.41) is 2.69. The Hall–Kier alpha value is -3.16. The Morgan fingerprint density at radius 1 is 1.33 bits per heavy atom. The number of aromatic nitrogens is 3. The molecular weight excluding hydrogens is 312 g/mol. The summed E-state index contributed by atoms with van der Waals surface area (Å²) < 4.78 is 6.72. The molecule has 0 aliphatic carbocycles. The number of hydrogen-bond acceptors (Lipinski definition) is 5. The molecule has 2 aromatic heterocycles. The van der Waals surface area contributed by atoms with Crippen LogP contribution in [0.3, 0.4) is 0 Å². The monoisotopic (exact) mass is 328 g/mol. The van der Waals surface area contributed by atoms with Crippen LogP contribution in [-0.4, -0.2) is 20.4 Å². The third kappa shape index (κ3) is 3.27. The van der Waals surface area contributed by atoms with Gasteiger partial charge in [-0.15, -0.1) is 0 Å². The number of amides is 1. The number of fused-ring (bicyclic) bond motifs is 1. The minimum Gasteiger partial charge on any atom is -0.440 e. The van der Waals surface area contributed by atoms with Crippen LogP contribution in [0.25, 0.3) is 11.1 Å². The van der Waals surface area contributed by atoms with Crippen molar-refractivity contribution in [2.45, 2.75) is 26.3 Å². The molecule has 0 radical (unpaired) electrons. The van der Waals surface area contributed by atoms with Gasteiger partial charge in [-0.25, -0.2) is 9.78 Å². The van der Waals surface area contributed by atoms with Gasteiger partial charge in [0, 0.05) is 23.9 Å². The molecule has 0 spiro atoms. The molecule has 1 amide bonds. The maximum Gasteiger partial charge on any atom is 0.328 e. The number of H-pyrrole nitrogens is 1. The lowest BCUT2D eigenvalue weighted by Crippen LogP contribution is -2.32. The molecule has 0 aliphatic heterocycles. The number of anilines is 1. The molecule has 0 fully saturated rings. The van der Waals surface area contributed by atoms with Crippen LogP contribution in [0.5, 0.6) is 0 Å². The van der Waals surface area contributed by atoms with Crippen LogP contribution < -0.4 is 16.6 Å². The van der Waals surface area contributed by atoms with E-state index in [4.69, 9.17) is 4.42 Å². The van der Waals surface area contributed by atoms with E-state index in [9.17, 15) is 14.4 Å². The van der Waals surface area contributed by atoms with Crippen molar-refractivity contribution in [2.75, 3.05) is 5.32 Å². The van der Waals surface area contributed by atoms with Crippen molar-refractivity contribution < 1.29 is 9.21 Å². The largest absolute Gasteiger partial charge is 0.440 e. The first-order valence-corrected chi connectivity index (χ1v) is 7.42. The van der Waals surface area contributed by atoms with Gasteiger partial charge in [0.05, 0.1) is 0 Å². The Bertz CT molecular complexity index is 1010. The van der Waals surface area contributed by atoms with Gasteiger partial charge in [-0.3, -0.25) is 19.1 Å². The average molecular weight is 328 g/mol. The molecular formula is C16H16N4O4. The summed E-state index contributed by atoms with van der Waals surface area (Å²) in [5.41, 5.74) is 0.708. The quantitative estimate of drug-likeness (QED) is 0.753. The highest BCUT2D eigenvalue weighted by Crippen LogP contribution is 2.23. The van der Waals surface area contributed by atoms with E-state index in [1.807, 2.05) is 13.8 Å². The van der Waals surface area contributed by atoms with Gasteiger partial charge in [0.1, 0.15) is 12.1 Å². The topological polar surface area (TPSA) is 110 Å². The number of carbonyl (C=O) groups excluding carboxylic acids is 1. The first-order valence-electron chi connectivity index (χ1n) is 7.42. The van der Waals surface area contributed by atoms with Gasteiger partial charge in [-0.1, -0.05) is 13.8 Å².